The van der Waals surface area contributed by atoms with Crippen molar-refractivity contribution in [1.82, 2.24) is 10.2 Å². The van der Waals surface area contributed by atoms with E-state index in [1.165, 1.54) is 19.3 Å². The van der Waals surface area contributed by atoms with Gasteiger partial charge in [0.05, 0.1) is 6.20 Å². The van der Waals surface area contributed by atoms with E-state index in [1.807, 2.05) is 47.4 Å². The fraction of sp³-hybridized carbons (Fsp3) is 0.368. The fourth-order valence-corrected chi connectivity index (χ4v) is 4.18. The monoisotopic (exact) mass is 307 g/mol. The normalized spacial score (nSPS) is 26.0. The van der Waals surface area contributed by atoms with E-state index in [0.717, 1.165) is 23.7 Å². The van der Waals surface area contributed by atoms with Crippen LogP contribution >= 0.6 is 0 Å². The molecule has 23 heavy (non-hydrogen) atoms. The predicted molar refractivity (Wildman–Crippen MR) is 90.8 cm³/mol. The zero-order chi connectivity index (χ0) is 15.6. The fourth-order valence-electron chi connectivity index (χ4n) is 4.18. The molecule has 1 N–H and O–H groups in total. The van der Waals surface area contributed by atoms with Crippen molar-refractivity contribution in [2.24, 2.45) is 11.8 Å². The first-order chi connectivity index (χ1) is 11.3. The van der Waals surface area contributed by atoms with Gasteiger partial charge in [0, 0.05) is 18.2 Å². The molecule has 1 heterocycles. The lowest BCUT2D eigenvalue weighted by atomic mass is 9.94. The number of aromatic nitrogens is 2. The average Bonchev–Trinajstić information content (AvgIpc) is 3.32. The molecule has 1 amide bonds. The largest absolute Gasteiger partial charge is 0.290 e. The number of aromatic amines is 1. The number of rotatable bonds is 4. The lowest BCUT2D eigenvalue weighted by molar-refractivity contribution is -0.114. The maximum absolute atomic E-state index is 12.9. The van der Waals surface area contributed by atoms with Gasteiger partial charge in [-0.15, -0.1) is 0 Å². The number of H-pyrrole nitrogens is 1. The number of hydrogen-bond donors (Lipinski definition) is 1. The van der Waals surface area contributed by atoms with Gasteiger partial charge in [0.2, 0.25) is 0 Å². The van der Waals surface area contributed by atoms with Crippen LogP contribution in [0.1, 0.15) is 31.2 Å². The lowest BCUT2D eigenvalue weighted by Gasteiger charge is -2.32. The molecule has 0 aliphatic heterocycles. The van der Waals surface area contributed by atoms with Gasteiger partial charge in [-0.3, -0.25) is 14.8 Å². The molecule has 2 bridgehead atoms. The second kappa shape index (κ2) is 6.03. The van der Waals surface area contributed by atoms with Crippen LogP contribution in [0.5, 0.6) is 0 Å². The van der Waals surface area contributed by atoms with E-state index in [2.05, 4.69) is 10.2 Å². The van der Waals surface area contributed by atoms with Crippen molar-refractivity contribution >= 4 is 17.8 Å². The van der Waals surface area contributed by atoms with E-state index >= 15 is 0 Å². The van der Waals surface area contributed by atoms with Crippen LogP contribution in [-0.4, -0.2) is 22.1 Å². The number of nitrogens with zero attached hydrogens (tertiary/aromatic N) is 2. The summed E-state index contributed by atoms with van der Waals surface area (Å²) in [5, 5.41) is 7.01. The van der Waals surface area contributed by atoms with E-state index in [0.29, 0.717) is 12.0 Å². The molecule has 0 saturated heterocycles. The van der Waals surface area contributed by atoms with Gasteiger partial charge < -0.3 is 0 Å². The highest BCUT2D eigenvalue weighted by Gasteiger charge is 2.44. The van der Waals surface area contributed by atoms with Gasteiger partial charge >= 0.3 is 0 Å². The molecule has 0 radical (unpaired) electrons. The summed E-state index contributed by atoms with van der Waals surface area (Å²) >= 11 is 0. The number of amides is 1. The Hall–Kier alpha value is -2.36. The van der Waals surface area contributed by atoms with Crippen molar-refractivity contribution in [3.63, 3.8) is 0 Å². The molecular formula is C19H21N3O. The van der Waals surface area contributed by atoms with Gasteiger partial charge in [0.1, 0.15) is 5.82 Å². The first-order valence-electron chi connectivity index (χ1n) is 8.37. The Bertz CT molecular complexity index is 693. The summed E-state index contributed by atoms with van der Waals surface area (Å²) in [6, 6.07) is 12.1. The van der Waals surface area contributed by atoms with Crippen molar-refractivity contribution < 1.29 is 4.79 Å². The Morgan fingerprint density at radius 1 is 1.17 bits per heavy atom. The predicted octanol–water partition coefficient (Wildman–Crippen LogP) is 3.64. The average molecular weight is 307 g/mol. The van der Waals surface area contributed by atoms with E-state index < -0.39 is 0 Å². The second-order valence-electron chi connectivity index (χ2n) is 6.64. The minimum absolute atomic E-state index is 0.0376. The summed E-state index contributed by atoms with van der Waals surface area (Å²) < 4.78 is 0. The number of nitrogens with one attached hydrogen (secondary N) is 1. The molecule has 3 unspecified atom stereocenters. The van der Waals surface area contributed by atoms with Crippen LogP contribution in [0.2, 0.25) is 0 Å². The molecule has 0 spiro atoms. The number of carbonyl (C=O) groups is 1. The molecule has 4 nitrogen and oxygen atoms in total. The smallest absolute Gasteiger partial charge is 0.252 e. The van der Waals surface area contributed by atoms with Crippen molar-refractivity contribution in [3.05, 3.63) is 54.2 Å². The van der Waals surface area contributed by atoms with Gasteiger partial charge in [-0.05, 0) is 42.7 Å². The molecule has 118 valence electrons. The third-order valence-electron chi connectivity index (χ3n) is 5.23. The molecule has 2 fully saturated rings. The van der Waals surface area contributed by atoms with Crippen LogP contribution in [0, 0.1) is 11.8 Å². The van der Waals surface area contributed by atoms with E-state index in [9.17, 15) is 4.79 Å². The standard InChI is InChI=1S/C19H21N3O/c23-19(9-7-14-4-2-1-3-5-14)22(18-10-11-20-21-18)17-13-15-6-8-16(17)12-15/h1-5,7,9-11,15-17H,6,8,12-13H2,(H,20,21). The molecule has 2 aliphatic carbocycles. The Labute approximate surface area is 136 Å². The zero-order valence-electron chi connectivity index (χ0n) is 13.1. The summed E-state index contributed by atoms with van der Waals surface area (Å²) in [5.41, 5.74) is 1.04. The van der Waals surface area contributed by atoms with E-state index in [-0.39, 0.29) is 5.91 Å². The summed E-state index contributed by atoms with van der Waals surface area (Å²) in [7, 11) is 0. The minimum Gasteiger partial charge on any atom is -0.290 e. The number of hydrogen-bond acceptors (Lipinski definition) is 2. The van der Waals surface area contributed by atoms with Gasteiger partial charge in [0.15, 0.2) is 0 Å². The molecule has 2 aliphatic rings. The van der Waals surface area contributed by atoms with Crippen molar-refractivity contribution in [2.75, 3.05) is 4.90 Å². The highest BCUT2D eigenvalue weighted by Crippen LogP contribution is 2.47. The van der Waals surface area contributed by atoms with Gasteiger partial charge in [0.25, 0.3) is 5.91 Å². The number of carbonyl (C=O) groups excluding carboxylic acids is 1. The Morgan fingerprint density at radius 2 is 2.04 bits per heavy atom. The summed E-state index contributed by atoms with van der Waals surface area (Å²) in [5.74, 6) is 2.28. The van der Waals surface area contributed by atoms with Crippen LogP contribution in [-0.2, 0) is 4.79 Å². The summed E-state index contributed by atoms with van der Waals surface area (Å²) in [6.45, 7) is 0. The molecule has 1 aromatic carbocycles. The summed E-state index contributed by atoms with van der Waals surface area (Å²) in [6.07, 6.45) is 10.2. The highest BCUT2D eigenvalue weighted by atomic mass is 16.2. The van der Waals surface area contributed by atoms with E-state index in [4.69, 9.17) is 0 Å². The maximum atomic E-state index is 12.9. The lowest BCUT2D eigenvalue weighted by Crippen LogP contribution is -2.43. The number of anilines is 1. The van der Waals surface area contributed by atoms with Crippen LogP contribution in [0.25, 0.3) is 6.08 Å². The van der Waals surface area contributed by atoms with Crippen molar-refractivity contribution in [2.45, 2.75) is 31.7 Å². The Balaban J connectivity index is 1.58. The topological polar surface area (TPSA) is 49.0 Å². The SMILES string of the molecule is O=C(C=Cc1ccccc1)N(c1ccn[nH]1)C1CC2CCC1C2. The van der Waals surface area contributed by atoms with Gasteiger partial charge in [-0.2, -0.15) is 5.10 Å². The molecule has 3 atom stereocenters. The van der Waals surface area contributed by atoms with Gasteiger partial charge in [-0.1, -0.05) is 36.8 Å². The first kappa shape index (κ1) is 14.2. The Morgan fingerprint density at radius 3 is 2.70 bits per heavy atom. The molecular weight excluding hydrogens is 286 g/mol. The number of benzene rings is 1. The number of fused-ring (bicyclic) bond motifs is 2. The second-order valence-corrected chi connectivity index (χ2v) is 6.64. The first-order valence-corrected chi connectivity index (χ1v) is 8.37. The van der Waals surface area contributed by atoms with Crippen molar-refractivity contribution in [3.8, 4) is 0 Å². The zero-order valence-corrected chi connectivity index (χ0v) is 13.1. The molecule has 4 rings (SSSR count). The molecule has 2 saturated carbocycles. The highest BCUT2D eigenvalue weighted by molar-refractivity contribution is 6.03. The van der Waals surface area contributed by atoms with Gasteiger partial charge in [-0.25, -0.2) is 0 Å². The third kappa shape index (κ3) is 2.81. The van der Waals surface area contributed by atoms with Crippen molar-refractivity contribution in [1.29, 1.82) is 0 Å². The van der Waals surface area contributed by atoms with Crippen LogP contribution in [0.15, 0.2) is 48.7 Å². The molecule has 4 heteroatoms. The maximum Gasteiger partial charge on any atom is 0.252 e. The van der Waals surface area contributed by atoms with Crippen LogP contribution in [0.3, 0.4) is 0 Å². The Kier molecular flexibility index (Phi) is 3.74. The quantitative estimate of drug-likeness (QED) is 0.877. The summed E-state index contributed by atoms with van der Waals surface area (Å²) in [4.78, 5) is 14.8. The van der Waals surface area contributed by atoms with E-state index in [1.54, 1.807) is 12.3 Å². The third-order valence-corrected chi connectivity index (χ3v) is 5.23. The van der Waals surface area contributed by atoms with Crippen LogP contribution < -0.4 is 4.90 Å². The molecule has 1 aromatic heterocycles. The van der Waals surface area contributed by atoms with Crippen LogP contribution in [0.4, 0.5) is 5.82 Å². The minimum atomic E-state index is 0.0376. The molecule has 2 aromatic rings.